The monoisotopic (exact) mass is 483 g/mol. The lowest BCUT2D eigenvalue weighted by Gasteiger charge is -2.13. The van der Waals surface area contributed by atoms with Gasteiger partial charge in [-0.25, -0.2) is 4.57 Å². The maximum atomic E-state index is 13.4. The molecule has 2 heterocycles. The number of fused-ring (bicyclic) bond motifs is 3. The van der Waals surface area contributed by atoms with Crippen molar-refractivity contribution in [2.45, 2.75) is 30.7 Å². The predicted octanol–water partition coefficient (Wildman–Crippen LogP) is 4.18. The second-order valence-corrected chi connectivity index (χ2v) is 9.71. The lowest BCUT2D eigenvalue weighted by atomic mass is 10.1. The maximum absolute atomic E-state index is 13.4. The van der Waals surface area contributed by atoms with E-state index in [0.29, 0.717) is 34.1 Å². The minimum absolute atomic E-state index is 0.0705. The van der Waals surface area contributed by atoms with Gasteiger partial charge in [0.2, 0.25) is 11.7 Å². The van der Waals surface area contributed by atoms with Crippen LogP contribution in [-0.2, 0) is 11.2 Å². The highest BCUT2D eigenvalue weighted by atomic mass is 32.2. The second-order valence-electron chi connectivity index (χ2n) is 8.40. The van der Waals surface area contributed by atoms with Crippen molar-refractivity contribution in [1.82, 2.24) is 24.5 Å². The molecule has 0 radical (unpaired) electrons. The fourth-order valence-corrected chi connectivity index (χ4v) is 4.89. The van der Waals surface area contributed by atoms with Crippen LogP contribution in [0.4, 0.5) is 0 Å². The Morgan fingerprint density at radius 2 is 1.69 bits per heavy atom. The first kappa shape index (κ1) is 22.9. The first-order valence-electron chi connectivity index (χ1n) is 11.5. The topological polar surface area (TPSA) is 81.3 Å². The van der Waals surface area contributed by atoms with Crippen molar-refractivity contribution in [1.29, 1.82) is 0 Å². The van der Waals surface area contributed by atoms with Crippen molar-refractivity contribution in [3.8, 4) is 5.69 Å². The first-order valence-corrected chi connectivity index (χ1v) is 12.3. The summed E-state index contributed by atoms with van der Waals surface area (Å²) in [4.78, 5) is 26.2. The van der Waals surface area contributed by atoms with Crippen molar-refractivity contribution < 1.29 is 4.79 Å². The van der Waals surface area contributed by atoms with Gasteiger partial charge in [-0.3, -0.25) is 14.0 Å². The number of hydrogen-bond acceptors (Lipinski definition) is 5. The molecule has 2 aromatic heterocycles. The Morgan fingerprint density at radius 1 is 0.971 bits per heavy atom. The zero-order valence-electron chi connectivity index (χ0n) is 19.5. The maximum Gasteiger partial charge on any atom is 0.267 e. The third-order valence-corrected chi connectivity index (χ3v) is 6.94. The normalized spacial score (nSPS) is 12.2. The predicted molar refractivity (Wildman–Crippen MR) is 139 cm³/mol. The van der Waals surface area contributed by atoms with E-state index < -0.39 is 5.25 Å². The van der Waals surface area contributed by atoms with Gasteiger partial charge in [0.1, 0.15) is 0 Å². The largest absolute Gasteiger partial charge is 0.355 e. The molecule has 176 valence electrons. The Balaban J connectivity index is 1.46. The summed E-state index contributed by atoms with van der Waals surface area (Å²) in [7, 11) is 0. The molecule has 8 heteroatoms. The molecule has 5 rings (SSSR count). The fourth-order valence-electron chi connectivity index (χ4n) is 4.01. The average molecular weight is 484 g/mol. The minimum Gasteiger partial charge on any atom is -0.355 e. The molecule has 0 spiro atoms. The van der Waals surface area contributed by atoms with Crippen LogP contribution in [0.15, 0.2) is 88.8 Å². The molecule has 3 aromatic carbocycles. The number of hydrogen-bond donors (Lipinski definition) is 1. The molecule has 35 heavy (non-hydrogen) atoms. The van der Waals surface area contributed by atoms with Crippen molar-refractivity contribution in [3.63, 3.8) is 0 Å². The van der Waals surface area contributed by atoms with Crippen molar-refractivity contribution in [3.05, 3.63) is 100 Å². The second kappa shape index (κ2) is 9.76. The van der Waals surface area contributed by atoms with Gasteiger partial charge in [0.05, 0.1) is 21.8 Å². The standard InChI is InChI=1S/C27H25N5O2S/c1-18-12-14-21(15-13-18)31-25(34)22-10-6-7-11-23(22)32-26(31)29-30-27(32)35-19(2)24(33)28-17-16-20-8-4-3-5-9-20/h3-15,19H,16-17H2,1-2H3,(H,28,33). The zero-order chi connectivity index (χ0) is 24.4. The Hall–Kier alpha value is -3.91. The van der Waals surface area contributed by atoms with E-state index in [9.17, 15) is 9.59 Å². The van der Waals surface area contributed by atoms with Crippen LogP contribution >= 0.6 is 11.8 Å². The van der Waals surface area contributed by atoms with Crippen molar-refractivity contribution in [2.75, 3.05) is 6.54 Å². The van der Waals surface area contributed by atoms with Gasteiger partial charge in [0.25, 0.3) is 5.56 Å². The average Bonchev–Trinajstić information content (AvgIpc) is 3.29. The summed E-state index contributed by atoms with van der Waals surface area (Å²) in [5.74, 6) is 0.343. The fraction of sp³-hybridized carbons (Fsp3) is 0.185. The number of rotatable bonds is 7. The van der Waals surface area contributed by atoms with Gasteiger partial charge in [-0.15, -0.1) is 10.2 Å². The molecule has 1 amide bonds. The molecule has 0 saturated carbocycles. The van der Waals surface area contributed by atoms with E-state index in [1.807, 2.05) is 91.0 Å². The molecule has 0 fully saturated rings. The van der Waals surface area contributed by atoms with Gasteiger partial charge in [-0.05, 0) is 50.1 Å². The molecule has 0 bridgehead atoms. The molecule has 5 aromatic rings. The highest BCUT2D eigenvalue weighted by molar-refractivity contribution is 8.00. The summed E-state index contributed by atoms with van der Waals surface area (Å²) in [5, 5.41) is 12.5. The van der Waals surface area contributed by atoms with Crippen LogP contribution < -0.4 is 10.9 Å². The number of aromatic nitrogens is 4. The molecule has 0 aliphatic heterocycles. The van der Waals surface area contributed by atoms with Gasteiger partial charge < -0.3 is 5.32 Å². The van der Waals surface area contributed by atoms with Crippen LogP contribution in [0.25, 0.3) is 22.4 Å². The number of para-hydroxylation sites is 1. The van der Waals surface area contributed by atoms with Crippen LogP contribution in [0, 0.1) is 6.92 Å². The molecular weight excluding hydrogens is 458 g/mol. The smallest absolute Gasteiger partial charge is 0.267 e. The number of thioether (sulfide) groups is 1. The van der Waals surface area contributed by atoms with Gasteiger partial charge in [-0.2, -0.15) is 0 Å². The quantitative estimate of drug-likeness (QED) is 0.351. The Morgan fingerprint density at radius 3 is 2.46 bits per heavy atom. The van der Waals surface area contributed by atoms with E-state index in [4.69, 9.17) is 0 Å². The number of carbonyl (C=O) groups is 1. The molecular formula is C27H25N5O2S. The van der Waals surface area contributed by atoms with Gasteiger partial charge >= 0.3 is 0 Å². The van der Waals surface area contributed by atoms with Crippen LogP contribution in [0.2, 0.25) is 0 Å². The van der Waals surface area contributed by atoms with Gasteiger partial charge in [0.15, 0.2) is 5.16 Å². The zero-order valence-corrected chi connectivity index (χ0v) is 20.3. The SMILES string of the molecule is Cc1ccc(-n2c(=O)c3ccccc3n3c(SC(C)C(=O)NCCc4ccccc4)nnc23)cc1. The first-order chi connectivity index (χ1) is 17.0. The van der Waals surface area contributed by atoms with Crippen molar-refractivity contribution in [2.24, 2.45) is 0 Å². The molecule has 0 aliphatic rings. The number of nitrogens with zero attached hydrogens (tertiary/aromatic N) is 4. The van der Waals surface area contributed by atoms with E-state index in [1.165, 1.54) is 17.3 Å². The Bertz CT molecular complexity index is 1560. The highest BCUT2D eigenvalue weighted by Gasteiger charge is 2.22. The number of benzene rings is 3. The number of carbonyl (C=O) groups excluding carboxylic acids is 1. The summed E-state index contributed by atoms with van der Waals surface area (Å²) >= 11 is 1.32. The van der Waals surface area contributed by atoms with Crippen LogP contribution in [0.3, 0.4) is 0 Å². The number of nitrogens with one attached hydrogen (secondary N) is 1. The molecule has 1 atom stereocenters. The Labute approximate surface area is 206 Å². The Kier molecular flexibility index (Phi) is 6.37. The van der Waals surface area contributed by atoms with E-state index in [-0.39, 0.29) is 11.5 Å². The lowest BCUT2D eigenvalue weighted by Crippen LogP contribution is -2.32. The van der Waals surface area contributed by atoms with Crippen LogP contribution in [0.1, 0.15) is 18.1 Å². The number of aryl methyl sites for hydroxylation is 1. The molecule has 0 aliphatic carbocycles. The van der Waals surface area contributed by atoms with E-state index in [0.717, 1.165) is 12.0 Å². The summed E-state index contributed by atoms with van der Waals surface area (Å²) < 4.78 is 3.43. The van der Waals surface area contributed by atoms with Crippen LogP contribution in [-0.4, -0.2) is 36.9 Å². The highest BCUT2D eigenvalue weighted by Crippen LogP contribution is 2.26. The molecule has 0 saturated heterocycles. The summed E-state index contributed by atoms with van der Waals surface area (Å²) in [6.45, 7) is 4.41. The van der Waals surface area contributed by atoms with Gasteiger partial charge in [0, 0.05) is 6.54 Å². The summed E-state index contributed by atoms with van der Waals surface area (Å²) in [6.07, 6.45) is 0.769. The van der Waals surface area contributed by atoms with Crippen LogP contribution in [0.5, 0.6) is 0 Å². The summed E-state index contributed by atoms with van der Waals surface area (Å²) in [6, 6.07) is 25.2. The molecule has 1 unspecified atom stereocenters. The van der Waals surface area contributed by atoms with E-state index in [1.54, 1.807) is 10.6 Å². The van der Waals surface area contributed by atoms with E-state index >= 15 is 0 Å². The minimum atomic E-state index is -0.392. The summed E-state index contributed by atoms with van der Waals surface area (Å²) in [5.41, 5.74) is 3.54. The van der Waals surface area contributed by atoms with Crippen molar-refractivity contribution >= 4 is 34.3 Å². The third-order valence-electron chi connectivity index (χ3n) is 5.89. The van der Waals surface area contributed by atoms with Gasteiger partial charge in [-0.1, -0.05) is 71.9 Å². The number of amides is 1. The third kappa shape index (κ3) is 4.57. The lowest BCUT2D eigenvalue weighted by molar-refractivity contribution is -0.120. The molecule has 1 N–H and O–H groups in total. The molecule has 7 nitrogen and oxygen atoms in total. The van der Waals surface area contributed by atoms with E-state index in [2.05, 4.69) is 15.5 Å².